The fraction of sp³-hybridized carbons (Fsp3) is 0.235. The van der Waals surface area contributed by atoms with Crippen molar-refractivity contribution in [3.05, 3.63) is 70.2 Å². The highest BCUT2D eigenvalue weighted by molar-refractivity contribution is 6.30. The second-order valence-electron chi connectivity index (χ2n) is 5.47. The van der Waals surface area contributed by atoms with Gasteiger partial charge in [0.25, 0.3) is 5.91 Å². The smallest absolute Gasteiger partial charge is 0.251 e. The summed E-state index contributed by atoms with van der Waals surface area (Å²) in [5.41, 5.74) is 1.07. The van der Waals surface area contributed by atoms with Gasteiger partial charge in [0.2, 0.25) is 0 Å². The van der Waals surface area contributed by atoms with Crippen LogP contribution in [0.5, 0.6) is 0 Å². The van der Waals surface area contributed by atoms with E-state index in [0.29, 0.717) is 10.9 Å². The molecule has 1 aliphatic rings. The van der Waals surface area contributed by atoms with Crippen molar-refractivity contribution in [1.82, 2.24) is 5.32 Å². The van der Waals surface area contributed by atoms with Crippen molar-refractivity contribution < 1.29 is 13.6 Å². The Bertz CT molecular complexity index is 698. The zero-order valence-corrected chi connectivity index (χ0v) is 12.4. The van der Waals surface area contributed by atoms with Crippen LogP contribution >= 0.6 is 11.6 Å². The molecular formula is C17H14ClF2NO. The minimum absolute atomic E-state index is 0.110. The number of hydrogen-bond donors (Lipinski definition) is 1. The van der Waals surface area contributed by atoms with Gasteiger partial charge in [-0.05, 0) is 54.7 Å². The number of amides is 1. The summed E-state index contributed by atoms with van der Waals surface area (Å²) < 4.78 is 26.2. The van der Waals surface area contributed by atoms with Gasteiger partial charge >= 0.3 is 0 Å². The zero-order chi connectivity index (χ0) is 15.7. The standard InChI is InChI=1S/C17H14ClF2NO/c18-13-6-3-11(4-7-13)16(10-1-2-10)21-17(22)12-5-8-14(19)15(20)9-12/h3-10,16H,1-2H2,(H,21,22)/t16-/m0/s1. The molecule has 1 aliphatic carbocycles. The molecule has 2 aromatic carbocycles. The van der Waals surface area contributed by atoms with Crippen molar-refractivity contribution in [2.45, 2.75) is 18.9 Å². The molecular weight excluding hydrogens is 308 g/mol. The Morgan fingerprint density at radius 2 is 1.77 bits per heavy atom. The molecule has 2 aromatic rings. The summed E-state index contributed by atoms with van der Waals surface area (Å²) >= 11 is 5.88. The average molecular weight is 322 g/mol. The number of nitrogens with one attached hydrogen (secondary N) is 1. The second kappa shape index (κ2) is 6.05. The van der Waals surface area contributed by atoms with Crippen molar-refractivity contribution >= 4 is 17.5 Å². The first-order valence-corrected chi connectivity index (χ1v) is 7.44. The molecule has 1 amide bonds. The number of carbonyl (C=O) groups is 1. The number of carbonyl (C=O) groups excluding carboxylic acids is 1. The lowest BCUT2D eigenvalue weighted by molar-refractivity contribution is 0.0931. The molecule has 114 valence electrons. The molecule has 1 saturated carbocycles. The Morgan fingerprint density at radius 1 is 1.09 bits per heavy atom. The predicted octanol–water partition coefficient (Wildman–Crippen LogP) is 4.50. The van der Waals surface area contributed by atoms with E-state index in [1.54, 1.807) is 12.1 Å². The monoisotopic (exact) mass is 321 g/mol. The van der Waals surface area contributed by atoms with Gasteiger partial charge in [-0.25, -0.2) is 8.78 Å². The minimum atomic E-state index is -1.03. The maximum Gasteiger partial charge on any atom is 0.251 e. The number of rotatable bonds is 4. The van der Waals surface area contributed by atoms with Gasteiger partial charge in [0.05, 0.1) is 6.04 Å². The molecule has 0 bridgehead atoms. The quantitative estimate of drug-likeness (QED) is 0.882. The van der Waals surface area contributed by atoms with Crippen LogP contribution in [-0.2, 0) is 0 Å². The molecule has 22 heavy (non-hydrogen) atoms. The molecule has 1 fully saturated rings. The van der Waals surface area contributed by atoms with Crippen LogP contribution in [0.4, 0.5) is 8.78 Å². The molecule has 0 unspecified atom stereocenters. The van der Waals surface area contributed by atoms with Crippen molar-refractivity contribution in [3.63, 3.8) is 0 Å². The molecule has 3 rings (SSSR count). The highest BCUT2D eigenvalue weighted by Crippen LogP contribution is 2.41. The third-order valence-corrected chi connectivity index (χ3v) is 4.04. The van der Waals surface area contributed by atoms with Crippen molar-refractivity contribution in [3.8, 4) is 0 Å². The van der Waals surface area contributed by atoms with Gasteiger partial charge in [-0.2, -0.15) is 0 Å². The average Bonchev–Trinajstić information content (AvgIpc) is 3.33. The van der Waals surface area contributed by atoms with E-state index < -0.39 is 17.5 Å². The van der Waals surface area contributed by atoms with Gasteiger partial charge in [0.15, 0.2) is 11.6 Å². The summed E-state index contributed by atoms with van der Waals surface area (Å²) in [5, 5.41) is 3.54. The van der Waals surface area contributed by atoms with Crippen molar-refractivity contribution in [2.24, 2.45) is 5.92 Å². The van der Waals surface area contributed by atoms with E-state index >= 15 is 0 Å². The van der Waals surface area contributed by atoms with E-state index in [4.69, 9.17) is 11.6 Å². The van der Waals surface area contributed by atoms with Crippen LogP contribution in [0.2, 0.25) is 5.02 Å². The summed E-state index contributed by atoms with van der Waals surface area (Å²) in [6.45, 7) is 0. The zero-order valence-electron chi connectivity index (χ0n) is 11.7. The highest BCUT2D eigenvalue weighted by Gasteiger charge is 2.33. The molecule has 0 saturated heterocycles. The molecule has 0 radical (unpaired) electrons. The molecule has 0 aliphatic heterocycles. The normalized spacial score (nSPS) is 15.4. The van der Waals surface area contributed by atoms with E-state index in [9.17, 15) is 13.6 Å². The molecule has 0 aromatic heterocycles. The van der Waals surface area contributed by atoms with Crippen LogP contribution in [0.1, 0.15) is 34.8 Å². The summed E-state index contributed by atoms with van der Waals surface area (Å²) in [7, 11) is 0. The van der Waals surface area contributed by atoms with Crippen molar-refractivity contribution in [1.29, 1.82) is 0 Å². The maximum absolute atomic E-state index is 13.2. The van der Waals surface area contributed by atoms with Gasteiger partial charge in [0, 0.05) is 10.6 Å². The fourth-order valence-electron chi connectivity index (χ4n) is 2.43. The minimum Gasteiger partial charge on any atom is -0.345 e. The first kappa shape index (κ1) is 15.0. The van der Waals surface area contributed by atoms with Gasteiger partial charge in [0.1, 0.15) is 0 Å². The third-order valence-electron chi connectivity index (χ3n) is 3.79. The molecule has 5 heteroatoms. The van der Waals surface area contributed by atoms with Crippen LogP contribution in [-0.4, -0.2) is 5.91 Å². The Labute approximate surface area is 132 Å². The Hall–Kier alpha value is -1.94. The van der Waals surface area contributed by atoms with E-state index in [1.165, 1.54) is 6.07 Å². The van der Waals surface area contributed by atoms with E-state index in [2.05, 4.69) is 5.32 Å². The molecule has 1 N–H and O–H groups in total. The predicted molar refractivity (Wildman–Crippen MR) is 80.7 cm³/mol. The lowest BCUT2D eigenvalue weighted by Gasteiger charge is -2.19. The summed E-state index contributed by atoms with van der Waals surface area (Å²) in [6.07, 6.45) is 2.07. The number of hydrogen-bond acceptors (Lipinski definition) is 1. The molecule has 0 spiro atoms. The van der Waals surface area contributed by atoms with Crippen LogP contribution in [0.3, 0.4) is 0 Å². The molecule has 0 heterocycles. The summed E-state index contributed by atoms with van der Waals surface area (Å²) in [6, 6.07) is 10.3. The van der Waals surface area contributed by atoms with Gasteiger partial charge in [-0.1, -0.05) is 23.7 Å². The van der Waals surface area contributed by atoms with Crippen LogP contribution in [0.25, 0.3) is 0 Å². The van der Waals surface area contributed by atoms with E-state index in [1.807, 2.05) is 12.1 Å². The van der Waals surface area contributed by atoms with Crippen LogP contribution < -0.4 is 5.32 Å². The van der Waals surface area contributed by atoms with Crippen LogP contribution in [0, 0.1) is 17.6 Å². The Kier molecular flexibility index (Phi) is 4.12. The maximum atomic E-state index is 13.2. The van der Waals surface area contributed by atoms with Gasteiger partial charge in [-0.15, -0.1) is 0 Å². The summed E-state index contributed by atoms with van der Waals surface area (Å²) in [5.74, 6) is -2.03. The highest BCUT2D eigenvalue weighted by atomic mass is 35.5. The largest absolute Gasteiger partial charge is 0.345 e. The SMILES string of the molecule is O=C(N[C@H](c1ccc(Cl)cc1)C1CC1)c1ccc(F)c(F)c1. The topological polar surface area (TPSA) is 29.1 Å². The molecule has 1 atom stereocenters. The van der Waals surface area contributed by atoms with Crippen LogP contribution in [0.15, 0.2) is 42.5 Å². The Morgan fingerprint density at radius 3 is 2.36 bits per heavy atom. The number of benzene rings is 2. The van der Waals surface area contributed by atoms with E-state index in [0.717, 1.165) is 30.5 Å². The first-order valence-electron chi connectivity index (χ1n) is 7.06. The number of halogens is 3. The lowest BCUT2D eigenvalue weighted by atomic mass is 10.0. The van der Waals surface area contributed by atoms with Gasteiger partial charge < -0.3 is 5.32 Å². The first-order chi connectivity index (χ1) is 10.5. The second-order valence-corrected chi connectivity index (χ2v) is 5.91. The lowest BCUT2D eigenvalue weighted by Crippen LogP contribution is -2.30. The van der Waals surface area contributed by atoms with E-state index in [-0.39, 0.29) is 11.6 Å². The fourth-order valence-corrected chi connectivity index (χ4v) is 2.56. The summed E-state index contributed by atoms with van der Waals surface area (Å²) in [4.78, 5) is 12.3. The van der Waals surface area contributed by atoms with Gasteiger partial charge in [-0.3, -0.25) is 4.79 Å². The van der Waals surface area contributed by atoms with Crippen molar-refractivity contribution in [2.75, 3.05) is 0 Å². The Balaban J connectivity index is 1.80. The third kappa shape index (κ3) is 3.28. The molecule has 2 nitrogen and oxygen atoms in total.